The Kier molecular flexibility index (Phi) is 3.61. The van der Waals surface area contributed by atoms with Gasteiger partial charge in [0.25, 0.3) is 0 Å². The van der Waals surface area contributed by atoms with E-state index < -0.39 is 12.1 Å². The molecule has 1 N–H and O–H groups in total. The van der Waals surface area contributed by atoms with Gasteiger partial charge in [-0.25, -0.2) is 0 Å². The number of nitrogens with one attached hydrogen (secondary N) is 1. The first kappa shape index (κ1) is 12.7. The summed E-state index contributed by atoms with van der Waals surface area (Å²) in [4.78, 5) is 11.9. The maximum Gasteiger partial charge on any atom is 0.471 e. The fourth-order valence-electron chi connectivity index (χ4n) is 2.12. The van der Waals surface area contributed by atoms with Gasteiger partial charge in [0.2, 0.25) is 0 Å². The summed E-state index contributed by atoms with van der Waals surface area (Å²) in [6, 6.07) is 0.271. The molecular weight excluding hydrogens is 233 g/mol. The molecule has 0 radical (unpaired) electrons. The molecule has 0 aromatic carbocycles. The predicted molar refractivity (Wildman–Crippen MR) is 56.4 cm³/mol. The highest BCUT2D eigenvalue weighted by atomic mass is 19.4. The van der Waals surface area contributed by atoms with Crippen molar-refractivity contribution in [3.8, 4) is 0 Å². The number of carbonyl (C=O) groups is 1. The third kappa shape index (κ3) is 3.59. The zero-order valence-electron chi connectivity index (χ0n) is 9.59. The van der Waals surface area contributed by atoms with Crippen LogP contribution in [0.2, 0.25) is 0 Å². The Labute approximate surface area is 98.3 Å². The van der Waals surface area contributed by atoms with Crippen molar-refractivity contribution in [1.82, 2.24) is 10.2 Å². The van der Waals surface area contributed by atoms with E-state index in [4.69, 9.17) is 0 Å². The first-order chi connectivity index (χ1) is 7.97. The van der Waals surface area contributed by atoms with Gasteiger partial charge in [0.15, 0.2) is 0 Å². The van der Waals surface area contributed by atoms with Crippen molar-refractivity contribution in [3.63, 3.8) is 0 Å². The van der Waals surface area contributed by atoms with E-state index in [9.17, 15) is 18.0 Å². The second kappa shape index (κ2) is 4.84. The van der Waals surface area contributed by atoms with Crippen LogP contribution in [0.25, 0.3) is 0 Å². The Balaban J connectivity index is 1.71. The van der Waals surface area contributed by atoms with Gasteiger partial charge in [-0.15, -0.1) is 0 Å². The first-order valence-electron chi connectivity index (χ1n) is 6.06. The minimum absolute atomic E-state index is 0.209. The van der Waals surface area contributed by atoms with Crippen LogP contribution in [0.4, 0.5) is 13.2 Å². The average Bonchev–Trinajstić information content (AvgIpc) is 3.09. The Morgan fingerprint density at radius 3 is 2.24 bits per heavy atom. The summed E-state index contributed by atoms with van der Waals surface area (Å²) < 4.78 is 36.6. The maximum atomic E-state index is 12.2. The molecule has 17 heavy (non-hydrogen) atoms. The molecule has 2 rings (SSSR count). The molecule has 2 aliphatic rings. The Bertz CT molecular complexity index is 281. The third-order valence-electron chi connectivity index (χ3n) is 3.42. The van der Waals surface area contributed by atoms with Gasteiger partial charge in [-0.05, 0) is 38.1 Å². The number of piperidine rings is 1. The lowest BCUT2D eigenvalue weighted by atomic mass is 10.0. The smallest absolute Gasteiger partial charge is 0.335 e. The molecule has 1 saturated heterocycles. The van der Waals surface area contributed by atoms with E-state index in [1.807, 2.05) is 0 Å². The summed E-state index contributed by atoms with van der Waals surface area (Å²) >= 11 is 0. The van der Waals surface area contributed by atoms with E-state index in [0.717, 1.165) is 17.4 Å². The normalized spacial score (nSPS) is 22.9. The lowest BCUT2D eigenvalue weighted by Crippen LogP contribution is -2.49. The largest absolute Gasteiger partial charge is 0.471 e. The van der Waals surface area contributed by atoms with Crippen molar-refractivity contribution < 1.29 is 18.0 Å². The molecular formula is C11H17F3N2O. The number of hydrogen-bond donors (Lipinski definition) is 1. The number of amides is 1. The molecule has 2 fully saturated rings. The molecule has 1 heterocycles. The summed E-state index contributed by atoms with van der Waals surface area (Å²) in [6.07, 6.45) is -0.964. The van der Waals surface area contributed by atoms with E-state index in [-0.39, 0.29) is 19.1 Å². The third-order valence-corrected chi connectivity index (χ3v) is 3.42. The number of rotatable bonds is 3. The first-order valence-corrected chi connectivity index (χ1v) is 6.06. The molecule has 98 valence electrons. The van der Waals surface area contributed by atoms with Crippen molar-refractivity contribution in [2.45, 2.75) is 37.9 Å². The minimum Gasteiger partial charge on any atom is -0.335 e. The minimum atomic E-state index is -4.73. The van der Waals surface area contributed by atoms with Gasteiger partial charge in [-0.1, -0.05) is 0 Å². The number of likely N-dealkylation sites (tertiary alicyclic amines) is 1. The molecule has 0 aromatic rings. The molecule has 6 heteroatoms. The molecule has 1 amide bonds. The lowest BCUT2D eigenvalue weighted by molar-refractivity contribution is -0.186. The molecule has 1 aliphatic heterocycles. The standard InChI is InChI=1S/C11H17F3N2O/c12-11(13,14)10(17)16-5-3-9(4-6-16)15-7-8-1-2-8/h8-9,15H,1-7H2. The number of alkyl halides is 3. The second-order valence-corrected chi connectivity index (χ2v) is 4.92. The van der Waals surface area contributed by atoms with Crippen molar-refractivity contribution >= 4 is 5.91 Å². The van der Waals surface area contributed by atoms with Crippen LogP contribution < -0.4 is 5.32 Å². The van der Waals surface area contributed by atoms with Crippen LogP contribution in [-0.2, 0) is 4.79 Å². The van der Waals surface area contributed by atoms with Gasteiger partial charge in [0.1, 0.15) is 0 Å². The molecule has 1 saturated carbocycles. The molecule has 0 atom stereocenters. The highest BCUT2D eigenvalue weighted by molar-refractivity contribution is 5.81. The lowest BCUT2D eigenvalue weighted by Gasteiger charge is -2.32. The topological polar surface area (TPSA) is 32.3 Å². The fourth-order valence-corrected chi connectivity index (χ4v) is 2.12. The van der Waals surface area contributed by atoms with E-state index in [2.05, 4.69) is 5.32 Å². The quantitative estimate of drug-likeness (QED) is 0.824. The SMILES string of the molecule is O=C(N1CCC(NCC2CC2)CC1)C(F)(F)F. The van der Waals surface area contributed by atoms with Crippen molar-refractivity contribution in [1.29, 1.82) is 0 Å². The molecule has 1 aliphatic carbocycles. The van der Waals surface area contributed by atoms with E-state index in [1.165, 1.54) is 12.8 Å². The zero-order valence-corrected chi connectivity index (χ0v) is 9.59. The summed E-state index contributed by atoms with van der Waals surface area (Å²) in [6.45, 7) is 1.39. The zero-order chi connectivity index (χ0) is 12.5. The monoisotopic (exact) mass is 250 g/mol. The van der Waals surface area contributed by atoms with Crippen molar-refractivity contribution in [2.24, 2.45) is 5.92 Å². The maximum absolute atomic E-state index is 12.2. The second-order valence-electron chi connectivity index (χ2n) is 4.92. The average molecular weight is 250 g/mol. The Morgan fingerprint density at radius 1 is 1.18 bits per heavy atom. The van der Waals surface area contributed by atoms with Gasteiger partial charge in [0, 0.05) is 19.1 Å². The summed E-state index contributed by atoms with van der Waals surface area (Å²) in [5, 5.41) is 3.36. The van der Waals surface area contributed by atoms with E-state index >= 15 is 0 Å². The molecule has 0 unspecified atom stereocenters. The van der Waals surface area contributed by atoms with Crippen LogP contribution in [0, 0.1) is 5.92 Å². The molecule has 0 spiro atoms. The van der Waals surface area contributed by atoms with Crippen LogP contribution in [-0.4, -0.2) is 42.7 Å². The molecule has 3 nitrogen and oxygen atoms in total. The van der Waals surface area contributed by atoms with Crippen molar-refractivity contribution in [3.05, 3.63) is 0 Å². The number of nitrogens with zero attached hydrogens (tertiary/aromatic N) is 1. The van der Waals surface area contributed by atoms with Crippen LogP contribution >= 0.6 is 0 Å². The Hall–Kier alpha value is -0.780. The summed E-state index contributed by atoms with van der Waals surface area (Å²) in [5.41, 5.74) is 0. The van der Waals surface area contributed by atoms with Crippen LogP contribution in [0.1, 0.15) is 25.7 Å². The molecule has 0 bridgehead atoms. The van der Waals surface area contributed by atoms with E-state index in [1.54, 1.807) is 0 Å². The highest BCUT2D eigenvalue weighted by Crippen LogP contribution is 2.28. The molecule has 0 aromatic heterocycles. The van der Waals surface area contributed by atoms with E-state index in [0.29, 0.717) is 12.8 Å². The van der Waals surface area contributed by atoms with Crippen LogP contribution in [0.15, 0.2) is 0 Å². The van der Waals surface area contributed by atoms with Gasteiger partial charge < -0.3 is 10.2 Å². The number of halogens is 3. The Morgan fingerprint density at radius 2 is 1.76 bits per heavy atom. The van der Waals surface area contributed by atoms with Crippen LogP contribution in [0.3, 0.4) is 0 Å². The van der Waals surface area contributed by atoms with Gasteiger partial charge in [0.05, 0.1) is 0 Å². The summed E-state index contributed by atoms with van der Waals surface area (Å²) in [7, 11) is 0. The van der Waals surface area contributed by atoms with Crippen LogP contribution in [0.5, 0.6) is 0 Å². The van der Waals surface area contributed by atoms with Gasteiger partial charge in [-0.3, -0.25) is 4.79 Å². The fraction of sp³-hybridized carbons (Fsp3) is 0.909. The number of hydrogen-bond acceptors (Lipinski definition) is 2. The van der Waals surface area contributed by atoms with Gasteiger partial charge in [-0.2, -0.15) is 13.2 Å². The van der Waals surface area contributed by atoms with Gasteiger partial charge >= 0.3 is 12.1 Å². The highest BCUT2D eigenvalue weighted by Gasteiger charge is 2.43. The predicted octanol–water partition coefficient (Wildman–Crippen LogP) is 1.54. The summed E-state index contributed by atoms with van der Waals surface area (Å²) in [5.74, 6) is -0.928. The van der Waals surface area contributed by atoms with Crippen molar-refractivity contribution in [2.75, 3.05) is 19.6 Å². The number of carbonyl (C=O) groups excluding carboxylic acids is 1.